The van der Waals surface area contributed by atoms with Crippen LogP contribution in [0, 0.1) is 0 Å². The first-order chi connectivity index (χ1) is 12.2. The molecule has 2 aliphatic rings. The molecule has 4 nitrogen and oxygen atoms in total. The van der Waals surface area contributed by atoms with Crippen LogP contribution in [0.1, 0.15) is 44.1 Å². The van der Waals surface area contributed by atoms with Gasteiger partial charge in [0.05, 0.1) is 27.3 Å². The molecule has 0 bridgehead atoms. The predicted octanol–water partition coefficient (Wildman–Crippen LogP) is 3.31. The van der Waals surface area contributed by atoms with E-state index in [0.29, 0.717) is 5.88 Å². The van der Waals surface area contributed by atoms with E-state index in [2.05, 4.69) is 40.4 Å². The zero-order chi connectivity index (χ0) is 17.5. The number of anilines is 1. The molecule has 5 heteroatoms. The number of nitrogens with one attached hydrogen (secondary N) is 1. The van der Waals surface area contributed by atoms with Crippen molar-refractivity contribution in [3.63, 3.8) is 0 Å². The number of aryl methyl sites for hydroxylation is 1. The van der Waals surface area contributed by atoms with E-state index >= 15 is 0 Å². The highest BCUT2D eigenvalue weighted by atomic mass is 32.2. The van der Waals surface area contributed by atoms with E-state index < -0.39 is 10.8 Å². The van der Waals surface area contributed by atoms with E-state index in [-0.39, 0.29) is 0 Å². The minimum absolute atomic E-state index is 0.570. The largest absolute Gasteiger partial charge is 0.372 e. The highest BCUT2D eigenvalue weighted by molar-refractivity contribution is 7.85. The van der Waals surface area contributed by atoms with Gasteiger partial charge >= 0.3 is 0 Å². The van der Waals surface area contributed by atoms with Crippen LogP contribution in [0.3, 0.4) is 0 Å². The van der Waals surface area contributed by atoms with Crippen molar-refractivity contribution in [2.75, 3.05) is 51.0 Å². The molecule has 2 aliphatic heterocycles. The molecule has 1 fully saturated rings. The van der Waals surface area contributed by atoms with Crippen LogP contribution in [0.15, 0.2) is 23.1 Å². The molecule has 0 radical (unpaired) electrons. The Balaban J connectivity index is 1.31. The Morgan fingerprint density at radius 1 is 1.12 bits per heavy atom. The maximum Gasteiger partial charge on any atom is 0.0959 e. The van der Waals surface area contributed by atoms with Crippen LogP contribution in [0.2, 0.25) is 0 Å². The van der Waals surface area contributed by atoms with Gasteiger partial charge in [-0.3, -0.25) is 4.21 Å². The monoisotopic (exact) mass is 363 g/mol. The third-order valence-corrected chi connectivity index (χ3v) is 6.67. The molecule has 1 unspecified atom stereocenters. The van der Waals surface area contributed by atoms with E-state index in [0.717, 1.165) is 17.0 Å². The lowest BCUT2D eigenvalue weighted by Crippen LogP contribution is -2.34. The van der Waals surface area contributed by atoms with Crippen molar-refractivity contribution in [3.05, 3.63) is 23.8 Å². The Labute approximate surface area is 155 Å². The topological polar surface area (TPSA) is 35.6 Å². The fourth-order valence-corrected chi connectivity index (χ4v) is 4.88. The van der Waals surface area contributed by atoms with Crippen LogP contribution in [0.5, 0.6) is 0 Å². The fraction of sp³-hybridized carbons (Fsp3) is 0.700. The third kappa shape index (κ3) is 5.80. The zero-order valence-electron chi connectivity index (χ0n) is 15.6. The van der Waals surface area contributed by atoms with Crippen LogP contribution >= 0.6 is 0 Å². The minimum atomic E-state index is -0.853. The molecular formula is C20H33N3OS. The third-order valence-electron chi connectivity index (χ3n) is 5.44. The summed E-state index contributed by atoms with van der Waals surface area (Å²) < 4.78 is 11.9. The molecule has 3 rings (SSSR count). The normalized spacial score (nSPS) is 21.1. The number of fused-ring (bicyclic) bond motifs is 1. The molecule has 1 N–H and O–H groups in total. The van der Waals surface area contributed by atoms with Crippen molar-refractivity contribution in [3.8, 4) is 0 Å². The van der Waals surface area contributed by atoms with E-state index in [9.17, 15) is 4.21 Å². The standard InChI is InChI=1S/C20H33N3OS/c1-22(14-15-23-12-5-2-3-6-13-23)11-7-4-8-18-9-10-19-20(16-18)25(24)17-21-19/h9-10,16,21H,2-8,11-15,17H2,1H3. The van der Waals surface area contributed by atoms with E-state index in [1.54, 1.807) is 0 Å². The number of rotatable bonds is 8. The van der Waals surface area contributed by atoms with Gasteiger partial charge in [-0.25, -0.2) is 0 Å². The van der Waals surface area contributed by atoms with Gasteiger partial charge in [-0.05, 0) is 76.5 Å². The molecule has 140 valence electrons. The number of nitrogens with zero attached hydrogens (tertiary/aromatic N) is 2. The van der Waals surface area contributed by atoms with Gasteiger partial charge in [-0.1, -0.05) is 18.9 Å². The quantitative estimate of drug-likeness (QED) is 0.719. The lowest BCUT2D eigenvalue weighted by Gasteiger charge is -2.24. The van der Waals surface area contributed by atoms with Crippen molar-refractivity contribution < 1.29 is 4.21 Å². The second-order valence-corrected chi connectivity index (χ2v) is 8.93. The first kappa shape index (κ1) is 18.9. The molecule has 1 aromatic rings. The zero-order valence-corrected chi connectivity index (χ0v) is 16.5. The summed E-state index contributed by atoms with van der Waals surface area (Å²) in [7, 11) is 1.40. The molecule has 25 heavy (non-hydrogen) atoms. The molecule has 0 saturated carbocycles. The summed E-state index contributed by atoms with van der Waals surface area (Å²) in [4.78, 5) is 6.11. The maximum atomic E-state index is 11.9. The summed E-state index contributed by atoms with van der Waals surface area (Å²) >= 11 is 0. The Hall–Kier alpha value is -0.910. The summed E-state index contributed by atoms with van der Waals surface area (Å²) in [5, 5.41) is 3.19. The molecule has 1 aromatic carbocycles. The van der Waals surface area contributed by atoms with Crippen molar-refractivity contribution in [2.45, 2.75) is 49.8 Å². The van der Waals surface area contributed by atoms with Gasteiger partial charge in [-0.2, -0.15) is 0 Å². The first-order valence-electron chi connectivity index (χ1n) is 9.88. The maximum absolute atomic E-state index is 11.9. The molecule has 1 atom stereocenters. The number of likely N-dealkylation sites (tertiary alicyclic amines) is 1. The van der Waals surface area contributed by atoms with Crippen molar-refractivity contribution >= 4 is 16.5 Å². The lowest BCUT2D eigenvalue weighted by atomic mass is 10.1. The Kier molecular flexibility index (Phi) is 7.32. The second-order valence-electron chi connectivity index (χ2n) is 7.51. The summed E-state index contributed by atoms with van der Waals surface area (Å²) in [6.07, 6.45) is 9.11. The predicted molar refractivity (Wildman–Crippen MR) is 107 cm³/mol. The first-order valence-corrected chi connectivity index (χ1v) is 11.2. The van der Waals surface area contributed by atoms with E-state index in [1.165, 1.54) is 76.8 Å². The van der Waals surface area contributed by atoms with Crippen LogP contribution in [-0.4, -0.2) is 59.7 Å². The highest BCUT2D eigenvalue weighted by Gasteiger charge is 2.17. The van der Waals surface area contributed by atoms with Gasteiger partial charge in [-0.15, -0.1) is 0 Å². The van der Waals surface area contributed by atoms with Crippen LogP contribution in [0.25, 0.3) is 0 Å². The smallest absolute Gasteiger partial charge is 0.0959 e. The van der Waals surface area contributed by atoms with Gasteiger partial charge in [0.2, 0.25) is 0 Å². The molecule has 0 spiro atoms. The average molecular weight is 364 g/mol. The SMILES string of the molecule is CN(CCCCc1ccc2c(c1)S(=O)CN2)CCN1CCCCCC1. The van der Waals surface area contributed by atoms with Gasteiger partial charge < -0.3 is 15.1 Å². The molecule has 2 heterocycles. The number of unbranched alkanes of at least 4 members (excludes halogenated alkanes) is 1. The molecule has 0 amide bonds. The molecule has 0 aliphatic carbocycles. The molecule has 1 saturated heterocycles. The second kappa shape index (κ2) is 9.70. The Morgan fingerprint density at radius 2 is 1.92 bits per heavy atom. The van der Waals surface area contributed by atoms with E-state index in [4.69, 9.17) is 0 Å². The number of hydrogen-bond donors (Lipinski definition) is 1. The number of benzene rings is 1. The van der Waals surface area contributed by atoms with Crippen LogP contribution < -0.4 is 5.32 Å². The lowest BCUT2D eigenvalue weighted by molar-refractivity contribution is 0.229. The van der Waals surface area contributed by atoms with Crippen molar-refractivity contribution in [1.29, 1.82) is 0 Å². The van der Waals surface area contributed by atoms with Gasteiger partial charge in [0.15, 0.2) is 0 Å². The minimum Gasteiger partial charge on any atom is -0.372 e. The van der Waals surface area contributed by atoms with Crippen molar-refractivity contribution in [1.82, 2.24) is 9.80 Å². The van der Waals surface area contributed by atoms with Crippen molar-refractivity contribution in [2.24, 2.45) is 0 Å². The highest BCUT2D eigenvalue weighted by Crippen LogP contribution is 2.27. The summed E-state index contributed by atoms with van der Waals surface area (Å²) in [6, 6.07) is 6.40. The van der Waals surface area contributed by atoms with Gasteiger partial charge in [0.1, 0.15) is 0 Å². The average Bonchev–Trinajstić information content (AvgIpc) is 2.83. The van der Waals surface area contributed by atoms with Gasteiger partial charge in [0, 0.05) is 13.1 Å². The summed E-state index contributed by atoms with van der Waals surface area (Å²) in [5.74, 6) is 0.570. The number of likely N-dealkylation sites (N-methyl/N-ethyl adjacent to an activating group) is 1. The molecule has 0 aromatic heterocycles. The number of hydrogen-bond acceptors (Lipinski definition) is 4. The van der Waals surface area contributed by atoms with Gasteiger partial charge in [0.25, 0.3) is 0 Å². The van der Waals surface area contributed by atoms with E-state index in [1.807, 2.05) is 0 Å². The summed E-state index contributed by atoms with van der Waals surface area (Å²) in [5.41, 5.74) is 2.37. The Morgan fingerprint density at radius 3 is 2.72 bits per heavy atom. The Bertz CT molecular complexity index is 570. The molecular weight excluding hydrogens is 330 g/mol. The summed E-state index contributed by atoms with van der Waals surface area (Å²) in [6.45, 7) is 6.17. The van der Waals surface area contributed by atoms with Crippen LogP contribution in [0.4, 0.5) is 5.69 Å². The van der Waals surface area contributed by atoms with Crippen LogP contribution in [-0.2, 0) is 17.2 Å². The fourth-order valence-electron chi connectivity index (χ4n) is 3.77.